The zero-order chi connectivity index (χ0) is 14.7. The Hall–Kier alpha value is -1.79. The highest BCUT2D eigenvalue weighted by molar-refractivity contribution is 5.34. The Morgan fingerprint density at radius 2 is 2.10 bits per heavy atom. The van der Waals surface area contributed by atoms with Crippen LogP contribution in [0.2, 0.25) is 0 Å². The van der Waals surface area contributed by atoms with E-state index in [1.165, 1.54) is 6.07 Å². The average molecular weight is 280 g/mol. The fourth-order valence-electron chi connectivity index (χ4n) is 2.15. The van der Waals surface area contributed by atoms with Gasteiger partial charge in [-0.05, 0) is 25.0 Å². The summed E-state index contributed by atoms with van der Waals surface area (Å²) in [6, 6.07) is 1.79. The zero-order valence-electron chi connectivity index (χ0n) is 11.5. The summed E-state index contributed by atoms with van der Waals surface area (Å²) < 4.78 is 29.0. The highest BCUT2D eigenvalue weighted by Gasteiger charge is 2.19. The van der Waals surface area contributed by atoms with Crippen molar-refractivity contribution in [3.05, 3.63) is 52.9 Å². The third-order valence-electron chi connectivity index (χ3n) is 3.19. The van der Waals surface area contributed by atoms with Crippen molar-refractivity contribution in [2.75, 3.05) is 0 Å². The lowest BCUT2D eigenvalue weighted by atomic mass is 9.99. The van der Waals surface area contributed by atoms with E-state index in [2.05, 4.69) is 10.5 Å². The molecule has 1 unspecified atom stereocenters. The van der Waals surface area contributed by atoms with Crippen LogP contribution in [0.5, 0.6) is 0 Å². The van der Waals surface area contributed by atoms with Gasteiger partial charge in [0.2, 0.25) is 0 Å². The first kappa shape index (κ1) is 14.6. The highest BCUT2D eigenvalue weighted by Crippen LogP contribution is 2.25. The molecule has 3 N–H and O–H groups in total. The topological polar surface area (TPSA) is 55.9 Å². The van der Waals surface area contributed by atoms with E-state index in [0.717, 1.165) is 24.6 Å². The van der Waals surface area contributed by atoms with Crippen LogP contribution in [0.3, 0.4) is 0 Å². The maximum absolute atomic E-state index is 13.9. The number of hydrogen-bond donors (Lipinski definition) is 2. The van der Waals surface area contributed by atoms with Gasteiger partial charge in [0.25, 0.3) is 0 Å². The third-order valence-corrected chi connectivity index (χ3v) is 3.19. The Labute approximate surface area is 116 Å². The number of aromatic nitrogens is 2. The average Bonchev–Trinajstić information content (AvgIpc) is 2.85. The van der Waals surface area contributed by atoms with Gasteiger partial charge in [0.05, 0.1) is 12.2 Å². The van der Waals surface area contributed by atoms with Crippen LogP contribution in [0.4, 0.5) is 8.78 Å². The summed E-state index contributed by atoms with van der Waals surface area (Å²) >= 11 is 0. The van der Waals surface area contributed by atoms with Gasteiger partial charge in [-0.15, -0.1) is 0 Å². The minimum atomic E-state index is -0.626. The second-order valence-corrected chi connectivity index (χ2v) is 4.76. The van der Waals surface area contributed by atoms with Crippen molar-refractivity contribution in [2.45, 2.75) is 32.9 Å². The summed E-state index contributed by atoms with van der Waals surface area (Å²) in [7, 11) is 0. The van der Waals surface area contributed by atoms with Gasteiger partial charge in [-0.2, -0.15) is 5.10 Å². The van der Waals surface area contributed by atoms with Gasteiger partial charge in [-0.1, -0.05) is 6.92 Å². The number of rotatable bonds is 5. The van der Waals surface area contributed by atoms with Crippen LogP contribution in [0.15, 0.2) is 24.5 Å². The minimum Gasteiger partial charge on any atom is -0.272 e. The van der Waals surface area contributed by atoms with Crippen LogP contribution in [-0.4, -0.2) is 9.78 Å². The molecule has 0 bridgehead atoms. The van der Waals surface area contributed by atoms with Crippen LogP contribution < -0.4 is 11.3 Å². The van der Waals surface area contributed by atoms with Gasteiger partial charge < -0.3 is 0 Å². The standard InChI is InChI=1S/C14H18F2N4/c1-3-4-20-8-10(7-18-20)14(19-17)11-5-9(2)12(15)6-13(11)16/h5-8,14,19H,3-4,17H2,1-2H3. The molecule has 0 aliphatic rings. The summed E-state index contributed by atoms with van der Waals surface area (Å²) in [6.07, 6.45) is 4.40. The number of aryl methyl sites for hydroxylation is 2. The van der Waals surface area contributed by atoms with E-state index in [1.807, 2.05) is 13.1 Å². The van der Waals surface area contributed by atoms with Crippen LogP contribution in [0.25, 0.3) is 0 Å². The van der Waals surface area contributed by atoms with Crippen LogP contribution in [0, 0.1) is 18.6 Å². The molecule has 1 aromatic heterocycles. The van der Waals surface area contributed by atoms with E-state index in [-0.39, 0.29) is 0 Å². The molecule has 0 saturated carbocycles. The predicted octanol–water partition coefficient (Wildman–Crippen LogP) is 2.43. The monoisotopic (exact) mass is 280 g/mol. The molecule has 4 nitrogen and oxygen atoms in total. The Morgan fingerprint density at radius 3 is 2.75 bits per heavy atom. The summed E-state index contributed by atoms with van der Waals surface area (Å²) in [6.45, 7) is 4.41. The predicted molar refractivity (Wildman–Crippen MR) is 72.8 cm³/mol. The van der Waals surface area contributed by atoms with Crippen LogP contribution >= 0.6 is 0 Å². The molecule has 0 aliphatic carbocycles. The molecule has 6 heteroatoms. The van der Waals surface area contributed by atoms with Gasteiger partial charge in [0.15, 0.2) is 0 Å². The summed E-state index contributed by atoms with van der Waals surface area (Å²) in [5.74, 6) is 4.34. The largest absolute Gasteiger partial charge is 0.272 e. The zero-order valence-corrected chi connectivity index (χ0v) is 11.5. The van der Waals surface area contributed by atoms with E-state index in [4.69, 9.17) is 5.84 Å². The number of hydrazine groups is 1. The molecule has 0 amide bonds. The molecule has 1 heterocycles. The molecule has 1 atom stereocenters. The molecule has 0 aliphatic heterocycles. The van der Waals surface area contributed by atoms with Crippen molar-refractivity contribution in [2.24, 2.45) is 5.84 Å². The fraction of sp³-hybridized carbons (Fsp3) is 0.357. The number of halogens is 2. The Balaban J connectivity index is 2.38. The number of nitrogens with one attached hydrogen (secondary N) is 1. The Morgan fingerprint density at radius 1 is 1.35 bits per heavy atom. The summed E-state index contributed by atoms with van der Waals surface area (Å²) in [5.41, 5.74) is 3.99. The quantitative estimate of drug-likeness (QED) is 0.653. The third kappa shape index (κ3) is 2.86. The van der Waals surface area contributed by atoms with Crippen molar-refractivity contribution in [3.8, 4) is 0 Å². The maximum Gasteiger partial charge on any atom is 0.131 e. The first-order valence-corrected chi connectivity index (χ1v) is 6.50. The first-order valence-electron chi connectivity index (χ1n) is 6.50. The molecular formula is C14H18F2N4. The van der Waals surface area contributed by atoms with Crippen molar-refractivity contribution >= 4 is 0 Å². The van der Waals surface area contributed by atoms with E-state index in [1.54, 1.807) is 17.8 Å². The number of hydrogen-bond acceptors (Lipinski definition) is 3. The van der Waals surface area contributed by atoms with Gasteiger partial charge in [0, 0.05) is 29.9 Å². The second kappa shape index (κ2) is 6.11. The second-order valence-electron chi connectivity index (χ2n) is 4.76. The Bertz CT molecular complexity index is 595. The summed E-state index contributed by atoms with van der Waals surface area (Å²) in [4.78, 5) is 0. The normalized spacial score (nSPS) is 12.7. The fourth-order valence-corrected chi connectivity index (χ4v) is 2.15. The number of benzene rings is 1. The molecule has 20 heavy (non-hydrogen) atoms. The molecule has 0 radical (unpaired) electrons. The van der Waals surface area contributed by atoms with Gasteiger partial charge in [0.1, 0.15) is 11.6 Å². The summed E-state index contributed by atoms with van der Waals surface area (Å²) in [5, 5.41) is 4.19. The smallest absolute Gasteiger partial charge is 0.131 e. The maximum atomic E-state index is 13.9. The van der Waals surface area contributed by atoms with Gasteiger partial charge in [-0.3, -0.25) is 10.5 Å². The number of nitrogens with two attached hydrogens (primary N) is 1. The molecule has 0 spiro atoms. The molecule has 2 rings (SSSR count). The molecular weight excluding hydrogens is 262 g/mol. The molecule has 1 aromatic carbocycles. The SMILES string of the molecule is CCCn1cc(C(NN)c2cc(C)c(F)cc2F)cn1. The minimum absolute atomic E-state index is 0.308. The van der Waals surface area contributed by atoms with E-state index < -0.39 is 17.7 Å². The van der Waals surface area contributed by atoms with E-state index in [9.17, 15) is 8.78 Å². The Kier molecular flexibility index (Phi) is 4.46. The van der Waals surface area contributed by atoms with Gasteiger partial charge >= 0.3 is 0 Å². The first-order chi connectivity index (χ1) is 9.56. The van der Waals surface area contributed by atoms with E-state index in [0.29, 0.717) is 11.1 Å². The molecule has 108 valence electrons. The van der Waals surface area contributed by atoms with Crippen molar-refractivity contribution in [3.63, 3.8) is 0 Å². The molecule has 0 saturated heterocycles. The van der Waals surface area contributed by atoms with Gasteiger partial charge in [-0.25, -0.2) is 14.2 Å². The van der Waals surface area contributed by atoms with E-state index >= 15 is 0 Å². The lowest BCUT2D eigenvalue weighted by molar-refractivity contribution is 0.537. The number of nitrogens with zero attached hydrogens (tertiary/aromatic N) is 2. The highest BCUT2D eigenvalue weighted by atomic mass is 19.1. The molecule has 0 fully saturated rings. The van der Waals surface area contributed by atoms with Crippen molar-refractivity contribution < 1.29 is 8.78 Å². The molecule has 2 aromatic rings. The van der Waals surface area contributed by atoms with Crippen LogP contribution in [0.1, 0.15) is 36.1 Å². The van der Waals surface area contributed by atoms with Crippen molar-refractivity contribution in [1.29, 1.82) is 0 Å². The lowest BCUT2D eigenvalue weighted by Crippen LogP contribution is -2.29. The lowest BCUT2D eigenvalue weighted by Gasteiger charge is -2.16. The van der Waals surface area contributed by atoms with Crippen LogP contribution in [-0.2, 0) is 6.54 Å². The van der Waals surface area contributed by atoms with Crippen molar-refractivity contribution in [1.82, 2.24) is 15.2 Å².